The maximum Gasteiger partial charge on any atom is 0.494 e. The molecule has 3 atom stereocenters. The van der Waals surface area contributed by atoms with E-state index in [1.54, 1.807) is 0 Å². The standard InChI is InChI=1S/C20H30BN3O2/c1-13-10-16(22-11-13)18-23-12-17(24-18)14-6-8-15(9-7-14)21-25-19(2,3)20(4,5)26-21/h6-9,13,16-17,22H,10-12H2,1-5H3,(H,23,24). The molecule has 26 heavy (non-hydrogen) atoms. The molecule has 3 aliphatic heterocycles. The van der Waals surface area contributed by atoms with Gasteiger partial charge < -0.3 is 19.9 Å². The molecule has 4 rings (SSSR count). The van der Waals surface area contributed by atoms with Crippen molar-refractivity contribution >= 4 is 18.4 Å². The minimum atomic E-state index is -0.308. The van der Waals surface area contributed by atoms with Gasteiger partial charge in [0.1, 0.15) is 5.84 Å². The maximum atomic E-state index is 6.14. The lowest BCUT2D eigenvalue weighted by atomic mass is 9.78. The second kappa shape index (κ2) is 6.36. The lowest BCUT2D eigenvalue weighted by Crippen LogP contribution is -2.41. The number of rotatable bonds is 3. The Balaban J connectivity index is 1.40. The lowest BCUT2D eigenvalue weighted by Gasteiger charge is -2.32. The molecular formula is C20H30BN3O2. The van der Waals surface area contributed by atoms with Gasteiger partial charge in [-0.05, 0) is 57.6 Å². The van der Waals surface area contributed by atoms with E-state index in [-0.39, 0.29) is 24.4 Å². The van der Waals surface area contributed by atoms with Crippen molar-refractivity contribution in [2.75, 3.05) is 13.1 Å². The van der Waals surface area contributed by atoms with Gasteiger partial charge in [-0.1, -0.05) is 31.2 Å². The maximum absolute atomic E-state index is 6.14. The highest BCUT2D eigenvalue weighted by Gasteiger charge is 2.51. The molecule has 0 amide bonds. The average Bonchev–Trinajstić information content (AvgIpc) is 3.26. The molecule has 2 N–H and O–H groups in total. The van der Waals surface area contributed by atoms with E-state index in [1.165, 1.54) is 12.0 Å². The summed E-state index contributed by atoms with van der Waals surface area (Å²) >= 11 is 0. The van der Waals surface area contributed by atoms with Crippen LogP contribution in [-0.2, 0) is 9.31 Å². The number of hydrogen-bond acceptors (Lipinski definition) is 5. The van der Waals surface area contributed by atoms with Crippen molar-refractivity contribution in [3.05, 3.63) is 29.8 Å². The van der Waals surface area contributed by atoms with Gasteiger partial charge in [0, 0.05) is 0 Å². The van der Waals surface area contributed by atoms with Crippen molar-refractivity contribution in [1.29, 1.82) is 0 Å². The smallest absolute Gasteiger partial charge is 0.399 e. The molecule has 0 radical (unpaired) electrons. The minimum Gasteiger partial charge on any atom is -0.399 e. The van der Waals surface area contributed by atoms with Crippen molar-refractivity contribution < 1.29 is 9.31 Å². The van der Waals surface area contributed by atoms with Crippen LogP contribution in [0.4, 0.5) is 0 Å². The van der Waals surface area contributed by atoms with Crippen LogP contribution in [0.25, 0.3) is 0 Å². The monoisotopic (exact) mass is 355 g/mol. The van der Waals surface area contributed by atoms with Crippen LogP contribution in [-0.4, -0.2) is 43.3 Å². The Morgan fingerprint density at radius 3 is 2.27 bits per heavy atom. The van der Waals surface area contributed by atoms with Gasteiger partial charge in [0.2, 0.25) is 0 Å². The number of hydrogen-bond donors (Lipinski definition) is 2. The van der Waals surface area contributed by atoms with Crippen molar-refractivity contribution in [3.8, 4) is 0 Å². The number of nitrogens with zero attached hydrogens (tertiary/aromatic N) is 1. The summed E-state index contributed by atoms with van der Waals surface area (Å²) in [6.07, 6.45) is 1.17. The van der Waals surface area contributed by atoms with Crippen LogP contribution in [0.1, 0.15) is 52.6 Å². The van der Waals surface area contributed by atoms with Gasteiger partial charge in [-0.3, -0.25) is 4.99 Å². The molecule has 0 aliphatic carbocycles. The van der Waals surface area contributed by atoms with E-state index in [2.05, 4.69) is 69.5 Å². The summed E-state index contributed by atoms with van der Waals surface area (Å²) in [5, 5.41) is 7.17. The largest absolute Gasteiger partial charge is 0.494 e. The van der Waals surface area contributed by atoms with Gasteiger partial charge in [-0.15, -0.1) is 0 Å². The number of aliphatic imine (C=N–C) groups is 1. The average molecular weight is 355 g/mol. The number of nitrogens with one attached hydrogen (secondary N) is 2. The van der Waals surface area contributed by atoms with Crippen LogP contribution in [0.3, 0.4) is 0 Å². The van der Waals surface area contributed by atoms with Crippen LogP contribution < -0.4 is 16.1 Å². The van der Waals surface area contributed by atoms with E-state index >= 15 is 0 Å². The zero-order chi connectivity index (χ0) is 18.5. The normalized spacial score (nSPS) is 32.6. The quantitative estimate of drug-likeness (QED) is 0.815. The first-order chi connectivity index (χ1) is 12.2. The fourth-order valence-electron chi connectivity index (χ4n) is 3.84. The third-order valence-corrected chi connectivity index (χ3v) is 6.31. The number of benzene rings is 1. The van der Waals surface area contributed by atoms with Gasteiger partial charge in [0.05, 0.1) is 29.8 Å². The Morgan fingerprint density at radius 1 is 1.04 bits per heavy atom. The topological polar surface area (TPSA) is 54.9 Å². The Kier molecular flexibility index (Phi) is 4.41. The van der Waals surface area contributed by atoms with E-state index in [1.807, 2.05) is 0 Å². The summed E-state index contributed by atoms with van der Waals surface area (Å²) < 4.78 is 12.3. The van der Waals surface area contributed by atoms with E-state index < -0.39 is 0 Å². The zero-order valence-electron chi connectivity index (χ0n) is 16.5. The minimum absolute atomic E-state index is 0.259. The molecule has 1 aromatic carbocycles. The predicted octanol–water partition coefficient (Wildman–Crippen LogP) is 2.03. The number of amidine groups is 1. The predicted molar refractivity (Wildman–Crippen MR) is 106 cm³/mol. The molecule has 3 aliphatic rings. The van der Waals surface area contributed by atoms with Crippen molar-refractivity contribution in [2.24, 2.45) is 10.9 Å². The van der Waals surface area contributed by atoms with Gasteiger partial charge in [0.15, 0.2) is 0 Å². The fourth-order valence-corrected chi connectivity index (χ4v) is 3.84. The molecule has 0 bridgehead atoms. The SMILES string of the molecule is CC1CNC(C2=NCC(c3ccc(B4OC(C)(C)C(C)(C)O4)cc3)N2)C1. The summed E-state index contributed by atoms with van der Waals surface area (Å²) in [6.45, 7) is 12.5. The van der Waals surface area contributed by atoms with Crippen molar-refractivity contribution in [3.63, 3.8) is 0 Å². The zero-order valence-corrected chi connectivity index (χ0v) is 16.5. The Labute approximate surface area is 157 Å². The first-order valence-corrected chi connectivity index (χ1v) is 9.75. The molecule has 0 saturated carbocycles. The Bertz CT molecular complexity index is 686. The molecule has 3 unspecified atom stereocenters. The first kappa shape index (κ1) is 18.0. The third-order valence-electron chi connectivity index (χ3n) is 6.31. The van der Waals surface area contributed by atoms with Gasteiger partial charge >= 0.3 is 7.12 Å². The molecule has 6 heteroatoms. The molecule has 2 fully saturated rings. The van der Waals surface area contributed by atoms with Gasteiger partial charge in [-0.2, -0.15) is 0 Å². The van der Waals surface area contributed by atoms with Crippen LogP contribution >= 0.6 is 0 Å². The summed E-state index contributed by atoms with van der Waals surface area (Å²) in [5.41, 5.74) is 1.71. The second-order valence-corrected chi connectivity index (χ2v) is 8.98. The Morgan fingerprint density at radius 2 is 1.69 bits per heavy atom. The first-order valence-electron chi connectivity index (χ1n) is 9.75. The lowest BCUT2D eigenvalue weighted by molar-refractivity contribution is 0.00578. The van der Waals surface area contributed by atoms with E-state index in [9.17, 15) is 0 Å². The molecule has 5 nitrogen and oxygen atoms in total. The summed E-state index contributed by atoms with van der Waals surface area (Å²) in [7, 11) is -0.304. The molecule has 0 aromatic heterocycles. The van der Waals surface area contributed by atoms with E-state index in [0.29, 0.717) is 6.04 Å². The van der Waals surface area contributed by atoms with Crippen LogP contribution in [0.15, 0.2) is 29.3 Å². The van der Waals surface area contributed by atoms with E-state index in [4.69, 9.17) is 14.3 Å². The molecule has 3 heterocycles. The van der Waals surface area contributed by atoms with Crippen LogP contribution in [0.5, 0.6) is 0 Å². The highest BCUT2D eigenvalue weighted by atomic mass is 16.7. The molecule has 2 saturated heterocycles. The highest BCUT2D eigenvalue weighted by Crippen LogP contribution is 2.36. The summed E-state index contributed by atoms with van der Waals surface area (Å²) in [4.78, 5) is 4.74. The van der Waals surface area contributed by atoms with Gasteiger partial charge in [0.25, 0.3) is 0 Å². The van der Waals surface area contributed by atoms with Crippen molar-refractivity contribution in [2.45, 2.75) is 64.3 Å². The third kappa shape index (κ3) is 3.19. The molecular weight excluding hydrogens is 325 g/mol. The van der Waals surface area contributed by atoms with E-state index in [0.717, 1.165) is 30.3 Å². The summed E-state index contributed by atoms with van der Waals surface area (Å²) in [5.74, 6) is 1.84. The molecule has 0 spiro atoms. The summed E-state index contributed by atoms with van der Waals surface area (Å²) in [6, 6.07) is 9.22. The molecule has 1 aromatic rings. The fraction of sp³-hybridized carbons (Fsp3) is 0.650. The van der Waals surface area contributed by atoms with Gasteiger partial charge in [-0.25, -0.2) is 0 Å². The second-order valence-electron chi connectivity index (χ2n) is 8.98. The Hall–Kier alpha value is -1.37. The molecule has 140 valence electrons. The van der Waals surface area contributed by atoms with Crippen LogP contribution in [0.2, 0.25) is 0 Å². The van der Waals surface area contributed by atoms with Crippen molar-refractivity contribution in [1.82, 2.24) is 10.6 Å². The van der Waals surface area contributed by atoms with Crippen LogP contribution in [0, 0.1) is 5.92 Å². The highest BCUT2D eigenvalue weighted by molar-refractivity contribution is 6.62.